The molecule has 27 heavy (non-hydrogen) atoms. The predicted octanol–water partition coefficient (Wildman–Crippen LogP) is 2.52. The lowest BCUT2D eigenvalue weighted by Crippen LogP contribution is -2.37. The quantitative estimate of drug-likeness (QED) is 0.699. The maximum atomic E-state index is 12.7. The molecule has 1 unspecified atom stereocenters. The monoisotopic (exact) mass is 365 g/mol. The lowest BCUT2D eigenvalue weighted by molar-refractivity contribution is 0.0937. The zero-order valence-electron chi connectivity index (χ0n) is 15.5. The van der Waals surface area contributed by atoms with Gasteiger partial charge in [0.2, 0.25) is 0 Å². The van der Waals surface area contributed by atoms with Crippen LogP contribution in [0.2, 0.25) is 0 Å². The molecule has 0 saturated carbocycles. The highest BCUT2D eigenvalue weighted by Gasteiger charge is 2.19. The molecule has 140 valence electrons. The first kappa shape index (κ1) is 18.7. The summed E-state index contributed by atoms with van der Waals surface area (Å²) in [4.78, 5) is 27.2. The molecule has 0 aliphatic rings. The molecular weight excluding hydrogens is 342 g/mol. The largest absolute Gasteiger partial charge is 0.468 e. The second-order valence-corrected chi connectivity index (χ2v) is 6.55. The fourth-order valence-corrected chi connectivity index (χ4v) is 2.92. The summed E-state index contributed by atoms with van der Waals surface area (Å²) in [6.45, 7) is 0.764. The average molecular weight is 365 g/mol. The number of carbonyl (C=O) groups is 1. The minimum Gasteiger partial charge on any atom is -0.468 e. The van der Waals surface area contributed by atoms with Gasteiger partial charge in [-0.3, -0.25) is 14.5 Å². The highest BCUT2D eigenvalue weighted by Crippen LogP contribution is 2.17. The number of aromatic nitrogens is 1. The van der Waals surface area contributed by atoms with Gasteiger partial charge in [-0.05, 0) is 43.9 Å². The van der Waals surface area contributed by atoms with E-state index in [1.165, 1.54) is 0 Å². The van der Waals surface area contributed by atoms with Crippen LogP contribution in [0.5, 0.6) is 0 Å². The van der Waals surface area contributed by atoms with Gasteiger partial charge in [0.05, 0.1) is 18.8 Å². The Morgan fingerprint density at radius 2 is 1.89 bits per heavy atom. The maximum absolute atomic E-state index is 12.7. The number of hydrogen-bond acceptors (Lipinski definition) is 4. The summed E-state index contributed by atoms with van der Waals surface area (Å²) in [6.07, 6.45) is 3.30. The normalized spacial score (nSPS) is 12.1. The third-order valence-corrected chi connectivity index (χ3v) is 4.41. The summed E-state index contributed by atoms with van der Waals surface area (Å²) in [6, 6.07) is 16.5. The van der Waals surface area contributed by atoms with E-state index in [1.807, 2.05) is 61.5 Å². The molecular formula is C21H23N3O3. The van der Waals surface area contributed by atoms with Gasteiger partial charge >= 0.3 is 0 Å². The van der Waals surface area contributed by atoms with Crippen molar-refractivity contribution >= 4 is 5.91 Å². The summed E-state index contributed by atoms with van der Waals surface area (Å²) < 4.78 is 6.99. The number of rotatable bonds is 7. The van der Waals surface area contributed by atoms with Gasteiger partial charge in [-0.2, -0.15) is 0 Å². The van der Waals surface area contributed by atoms with E-state index in [9.17, 15) is 9.59 Å². The van der Waals surface area contributed by atoms with E-state index >= 15 is 0 Å². The van der Waals surface area contributed by atoms with Crippen molar-refractivity contribution in [1.82, 2.24) is 14.8 Å². The first-order chi connectivity index (χ1) is 13.1. The Balaban J connectivity index is 1.73. The molecule has 3 rings (SSSR count). The van der Waals surface area contributed by atoms with Gasteiger partial charge in [0.15, 0.2) is 0 Å². The zero-order chi connectivity index (χ0) is 19.2. The molecule has 0 spiro atoms. The smallest absolute Gasteiger partial charge is 0.263 e. The van der Waals surface area contributed by atoms with Crippen molar-refractivity contribution in [2.45, 2.75) is 12.6 Å². The van der Waals surface area contributed by atoms with Crippen LogP contribution in [0.1, 0.15) is 27.7 Å². The average Bonchev–Trinajstić information content (AvgIpc) is 3.18. The molecule has 0 radical (unpaired) electrons. The van der Waals surface area contributed by atoms with Gasteiger partial charge in [-0.25, -0.2) is 0 Å². The van der Waals surface area contributed by atoms with E-state index in [4.69, 9.17) is 4.42 Å². The van der Waals surface area contributed by atoms with Crippen LogP contribution in [0.3, 0.4) is 0 Å². The second-order valence-electron chi connectivity index (χ2n) is 6.55. The number of benzene rings is 1. The fourth-order valence-electron chi connectivity index (χ4n) is 2.92. The Hall–Kier alpha value is -3.12. The Morgan fingerprint density at radius 1 is 1.11 bits per heavy atom. The number of pyridine rings is 1. The summed E-state index contributed by atoms with van der Waals surface area (Å²) in [5, 5.41) is 2.85. The standard InChI is InChI=1S/C21H23N3O3/c1-23(2)18(19-11-7-13-27-19)14-22-20(25)17-10-6-12-24(21(17)26)15-16-8-4-3-5-9-16/h3-13,18H,14-15H2,1-2H3,(H,22,25). The van der Waals surface area contributed by atoms with Gasteiger partial charge < -0.3 is 14.3 Å². The van der Waals surface area contributed by atoms with Crippen LogP contribution in [0.25, 0.3) is 0 Å². The molecule has 2 aromatic heterocycles. The van der Waals surface area contributed by atoms with Crippen molar-refractivity contribution in [2.24, 2.45) is 0 Å². The van der Waals surface area contributed by atoms with Crippen LogP contribution < -0.4 is 10.9 Å². The Morgan fingerprint density at radius 3 is 2.56 bits per heavy atom. The molecule has 0 saturated heterocycles. The molecule has 1 aromatic carbocycles. The van der Waals surface area contributed by atoms with Gasteiger partial charge in [0.25, 0.3) is 11.5 Å². The fraction of sp³-hybridized carbons (Fsp3) is 0.238. The Kier molecular flexibility index (Phi) is 5.88. The number of nitrogens with one attached hydrogen (secondary N) is 1. The minimum absolute atomic E-state index is 0.112. The van der Waals surface area contributed by atoms with Crippen molar-refractivity contribution < 1.29 is 9.21 Å². The van der Waals surface area contributed by atoms with Crippen LogP contribution in [0.4, 0.5) is 0 Å². The summed E-state index contributed by atoms with van der Waals surface area (Å²) in [5.41, 5.74) is 0.825. The topological polar surface area (TPSA) is 67.5 Å². The van der Waals surface area contributed by atoms with Crippen LogP contribution in [-0.2, 0) is 6.54 Å². The van der Waals surface area contributed by atoms with E-state index in [0.717, 1.165) is 11.3 Å². The van der Waals surface area contributed by atoms with Crippen LogP contribution in [-0.4, -0.2) is 36.0 Å². The number of amides is 1. The predicted molar refractivity (Wildman–Crippen MR) is 104 cm³/mol. The molecule has 0 aliphatic heterocycles. The molecule has 0 bridgehead atoms. The van der Waals surface area contributed by atoms with Crippen molar-refractivity contribution in [3.8, 4) is 0 Å². The lowest BCUT2D eigenvalue weighted by Gasteiger charge is -2.22. The first-order valence-corrected chi connectivity index (χ1v) is 8.77. The lowest BCUT2D eigenvalue weighted by atomic mass is 10.2. The number of carbonyl (C=O) groups excluding carboxylic acids is 1. The molecule has 1 amide bonds. The second kappa shape index (κ2) is 8.51. The summed E-state index contributed by atoms with van der Waals surface area (Å²) in [7, 11) is 3.82. The maximum Gasteiger partial charge on any atom is 0.263 e. The molecule has 1 N–H and O–H groups in total. The molecule has 1 atom stereocenters. The molecule has 6 heteroatoms. The van der Waals surface area contributed by atoms with E-state index < -0.39 is 0 Å². The number of likely N-dealkylation sites (N-methyl/N-ethyl adjacent to an activating group) is 1. The van der Waals surface area contributed by atoms with Crippen molar-refractivity contribution in [2.75, 3.05) is 20.6 Å². The van der Waals surface area contributed by atoms with E-state index in [1.54, 1.807) is 29.2 Å². The third kappa shape index (κ3) is 4.54. The third-order valence-electron chi connectivity index (χ3n) is 4.41. The molecule has 2 heterocycles. The Bertz CT molecular complexity index is 931. The van der Waals surface area contributed by atoms with E-state index in [0.29, 0.717) is 13.1 Å². The minimum atomic E-state index is -0.388. The van der Waals surface area contributed by atoms with Crippen molar-refractivity contribution in [3.63, 3.8) is 0 Å². The number of hydrogen-bond donors (Lipinski definition) is 1. The van der Waals surface area contributed by atoms with Gasteiger partial charge in [0, 0.05) is 12.7 Å². The number of nitrogens with zero attached hydrogens (tertiary/aromatic N) is 2. The van der Waals surface area contributed by atoms with Crippen LogP contribution in [0, 0.1) is 0 Å². The molecule has 0 aliphatic carbocycles. The van der Waals surface area contributed by atoms with E-state index in [2.05, 4.69) is 5.32 Å². The summed E-state index contributed by atoms with van der Waals surface area (Å²) in [5.74, 6) is 0.371. The van der Waals surface area contributed by atoms with Crippen molar-refractivity contribution in [1.29, 1.82) is 0 Å². The zero-order valence-corrected chi connectivity index (χ0v) is 15.5. The highest BCUT2D eigenvalue weighted by molar-refractivity contribution is 5.93. The van der Waals surface area contributed by atoms with Gasteiger partial charge in [-0.1, -0.05) is 30.3 Å². The van der Waals surface area contributed by atoms with Gasteiger partial charge in [0.1, 0.15) is 11.3 Å². The van der Waals surface area contributed by atoms with Crippen LogP contribution in [0.15, 0.2) is 76.3 Å². The van der Waals surface area contributed by atoms with Gasteiger partial charge in [-0.15, -0.1) is 0 Å². The molecule has 6 nitrogen and oxygen atoms in total. The number of furan rings is 1. The Labute approximate surface area is 158 Å². The van der Waals surface area contributed by atoms with Crippen molar-refractivity contribution in [3.05, 3.63) is 94.3 Å². The molecule has 3 aromatic rings. The molecule has 0 fully saturated rings. The first-order valence-electron chi connectivity index (χ1n) is 8.77. The highest BCUT2D eigenvalue weighted by atomic mass is 16.3. The summed E-state index contributed by atoms with van der Waals surface area (Å²) >= 11 is 0. The van der Waals surface area contributed by atoms with E-state index in [-0.39, 0.29) is 23.1 Å². The van der Waals surface area contributed by atoms with Crippen LogP contribution >= 0.6 is 0 Å². The SMILES string of the molecule is CN(C)C(CNC(=O)c1cccn(Cc2ccccc2)c1=O)c1ccco1.